The number of anilines is 1. The highest BCUT2D eigenvalue weighted by Gasteiger charge is 2.51. The molecule has 1 amide bonds. The van der Waals surface area contributed by atoms with E-state index in [9.17, 15) is 9.90 Å². The van der Waals surface area contributed by atoms with Gasteiger partial charge in [-0.2, -0.15) is 0 Å². The summed E-state index contributed by atoms with van der Waals surface area (Å²) in [5, 5.41) is 13.6. The molecule has 0 aliphatic heterocycles. The third-order valence-electron chi connectivity index (χ3n) is 7.44. The molecular weight excluding hydrogens is 374 g/mol. The van der Waals surface area contributed by atoms with E-state index >= 15 is 0 Å². The Bertz CT molecular complexity index is 859. The van der Waals surface area contributed by atoms with Crippen LogP contribution in [0.3, 0.4) is 0 Å². The van der Waals surface area contributed by atoms with Crippen LogP contribution in [0.15, 0.2) is 54.6 Å². The number of hydrogen-bond donors (Lipinski definition) is 2. The molecular formula is C26H31NO3. The predicted molar refractivity (Wildman–Crippen MR) is 117 cm³/mol. The smallest absolute Gasteiger partial charge is 0.253 e. The molecule has 2 aromatic carbocycles. The zero-order chi connectivity index (χ0) is 20.6. The van der Waals surface area contributed by atoms with Crippen molar-refractivity contribution in [3.05, 3.63) is 60.2 Å². The van der Waals surface area contributed by atoms with Gasteiger partial charge in [0.25, 0.3) is 5.91 Å². The Kier molecular flexibility index (Phi) is 5.28. The molecule has 1 atom stereocenters. The van der Waals surface area contributed by atoms with Crippen LogP contribution in [0.5, 0.6) is 5.75 Å². The monoisotopic (exact) mass is 405 g/mol. The predicted octanol–water partition coefficient (Wildman–Crippen LogP) is 5.17. The Morgan fingerprint density at radius 3 is 2.33 bits per heavy atom. The topological polar surface area (TPSA) is 58.6 Å². The summed E-state index contributed by atoms with van der Waals surface area (Å²) in [5.74, 6) is 2.87. The summed E-state index contributed by atoms with van der Waals surface area (Å²) < 4.78 is 5.85. The Balaban J connectivity index is 1.18. The molecule has 4 nitrogen and oxygen atoms in total. The molecule has 2 N–H and O–H groups in total. The molecule has 158 valence electrons. The van der Waals surface area contributed by atoms with Gasteiger partial charge in [0.05, 0.1) is 0 Å². The number of nitrogens with one attached hydrogen (secondary N) is 1. The summed E-state index contributed by atoms with van der Waals surface area (Å²) in [7, 11) is 0. The highest BCUT2D eigenvalue weighted by atomic mass is 16.5. The van der Waals surface area contributed by atoms with Crippen LogP contribution in [-0.4, -0.2) is 17.1 Å². The molecule has 0 spiro atoms. The van der Waals surface area contributed by atoms with Crippen molar-refractivity contribution in [3.8, 4) is 5.75 Å². The lowest BCUT2D eigenvalue weighted by atomic mass is 9.48. The zero-order valence-electron chi connectivity index (χ0n) is 17.4. The maximum absolute atomic E-state index is 12.7. The first-order chi connectivity index (χ1) is 14.6. The summed E-state index contributed by atoms with van der Waals surface area (Å²) in [6, 6.07) is 17.4. The second-order valence-corrected chi connectivity index (χ2v) is 9.93. The van der Waals surface area contributed by atoms with E-state index in [1.807, 2.05) is 54.6 Å². The average molecular weight is 406 g/mol. The summed E-state index contributed by atoms with van der Waals surface area (Å²) >= 11 is 0. The van der Waals surface area contributed by atoms with Crippen molar-refractivity contribution in [2.45, 2.75) is 57.7 Å². The van der Waals surface area contributed by atoms with Crippen LogP contribution in [-0.2, 0) is 11.4 Å². The van der Waals surface area contributed by atoms with E-state index in [0.29, 0.717) is 24.5 Å². The van der Waals surface area contributed by atoms with Crippen LogP contribution in [0.4, 0.5) is 5.69 Å². The number of carbonyl (C=O) groups is 1. The van der Waals surface area contributed by atoms with E-state index in [-0.39, 0.29) is 11.3 Å². The van der Waals surface area contributed by atoms with Gasteiger partial charge in [0.2, 0.25) is 0 Å². The lowest BCUT2D eigenvalue weighted by molar-refractivity contribution is -0.130. The normalized spacial score (nSPS) is 30.1. The molecule has 1 unspecified atom stereocenters. The molecule has 4 heteroatoms. The molecule has 0 radical (unpaired) electrons. The highest BCUT2D eigenvalue weighted by Crippen LogP contribution is 2.61. The maximum Gasteiger partial charge on any atom is 0.253 e. The quantitative estimate of drug-likeness (QED) is 0.668. The van der Waals surface area contributed by atoms with Crippen LogP contribution < -0.4 is 10.1 Å². The minimum Gasteiger partial charge on any atom is -0.489 e. The molecule has 4 aliphatic carbocycles. The molecule has 6 rings (SSSR count). The summed E-state index contributed by atoms with van der Waals surface area (Å²) in [6.45, 7) is 0.479. The van der Waals surface area contributed by atoms with Crippen molar-refractivity contribution >= 4 is 11.6 Å². The van der Waals surface area contributed by atoms with Crippen molar-refractivity contribution in [1.29, 1.82) is 0 Å². The number of aliphatic hydroxyl groups is 1. The first-order valence-corrected chi connectivity index (χ1v) is 11.3. The molecule has 2 aromatic rings. The number of amides is 1. The zero-order valence-corrected chi connectivity index (χ0v) is 17.4. The van der Waals surface area contributed by atoms with E-state index in [4.69, 9.17) is 4.74 Å². The van der Waals surface area contributed by atoms with E-state index in [2.05, 4.69) is 5.32 Å². The van der Waals surface area contributed by atoms with Crippen molar-refractivity contribution in [2.24, 2.45) is 23.2 Å². The number of hydrogen-bond acceptors (Lipinski definition) is 3. The van der Waals surface area contributed by atoms with Gasteiger partial charge in [-0.3, -0.25) is 4.79 Å². The largest absolute Gasteiger partial charge is 0.489 e. The third kappa shape index (κ3) is 4.24. The molecule has 4 aliphatic rings. The van der Waals surface area contributed by atoms with Gasteiger partial charge in [0.15, 0.2) is 0 Å². The second-order valence-electron chi connectivity index (χ2n) is 9.93. The third-order valence-corrected chi connectivity index (χ3v) is 7.44. The average Bonchev–Trinajstić information content (AvgIpc) is 2.72. The van der Waals surface area contributed by atoms with Crippen LogP contribution in [0.2, 0.25) is 0 Å². The van der Waals surface area contributed by atoms with E-state index < -0.39 is 6.10 Å². The number of carbonyl (C=O) groups excluding carboxylic acids is 1. The Labute approximate surface area is 178 Å². The van der Waals surface area contributed by atoms with Crippen molar-refractivity contribution in [3.63, 3.8) is 0 Å². The Hall–Kier alpha value is -2.33. The fraction of sp³-hybridized carbons (Fsp3) is 0.500. The van der Waals surface area contributed by atoms with Gasteiger partial charge >= 0.3 is 0 Å². The standard InChI is InChI=1S/C26H31NO3/c28-24(16-26-13-19-9-20(14-26)11-21(10-19)15-26)25(29)27-22-7-4-8-23(12-22)30-17-18-5-2-1-3-6-18/h1-8,12,19-21,24,28H,9-11,13-17H2,(H,27,29). The fourth-order valence-corrected chi connectivity index (χ4v) is 6.67. The highest BCUT2D eigenvalue weighted by molar-refractivity contribution is 5.94. The number of rotatable bonds is 7. The molecule has 0 saturated heterocycles. The Morgan fingerprint density at radius 1 is 1.00 bits per heavy atom. The van der Waals surface area contributed by atoms with Gasteiger partial charge in [-0.05, 0) is 85.8 Å². The van der Waals surface area contributed by atoms with Crippen molar-refractivity contribution in [1.82, 2.24) is 0 Å². The second kappa shape index (κ2) is 8.07. The van der Waals surface area contributed by atoms with Crippen LogP contribution >= 0.6 is 0 Å². The van der Waals surface area contributed by atoms with E-state index in [1.165, 1.54) is 38.5 Å². The summed E-state index contributed by atoms with van der Waals surface area (Å²) in [5.41, 5.74) is 1.94. The molecule has 4 saturated carbocycles. The first kappa shape index (κ1) is 19.6. The summed E-state index contributed by atoms with van der Waals surface area (Å²) in [6.07, 6.45) is 7.37. The van der Waals surface area contributed by atoms with Gasteiger partial charge in [-0.25, -0.2) is 0 Å². The van der Waals surface area contributed by atoms with Gasteiger partial charge in [-0.15, -0.1) is 0 Å². The van der Waals surface area contributed by atoms with Gasteiger partial charge in [0.1, 0.15) is 18.5 Å². The summed E-state index contributed by atoms with van der Waals surface area (Å²) in [4.78, 5) is 12.7. The SMILES string of the molecule is O=C(Nc1cccc(OCc2ccccc2)c1)C(O)CC12CC3CC(CC(C3)C1)C2. The van der Waals surface area contributed by atoms with Gasteiger partial charge < -0.3 is 15.2 Å². The van der Waals surface area contributed by atoms with Gasteiger partial charge in [-0.1, -0.05) is 36.4 Å². The van der Waals surface area contributed by atoms with Crippen LogP contribution in [0, 0.1) is 23.2 Å². The van der Waals surface area contributed by atoms with Crippen LogP contribution in [0.25, 0.3) is 0 Å². The number of aliphatic hydroxyl groups excluding tert-OH is 1. The molecule has 0 heterocycles. The van der Waals surface area contributed by atoms with Crippen molar-refractivity contribution in [2.75, 3.05) is 5.32 Å². The molecule has 30 heavy (non-hydrogen) atoms. The van der Waals surface area contributed by atoms with E-state index in [1.54, 1.807) is 0 Å². The van der Waals surface area contributed by atoms with Crippen LogP contribution in [0.1, 0.15) is 50.5 Å². The maximum atomic E-state index is 12.7. The minimum absolute atomic E-state index is 0.187. The van der Waals surface area contributed by atoms with Gasteiger partial charge in [0, 0.05) is 11.8 Å². The van der Waals surface area contributed by atoms with Crippen molar-refractivity contribution < 1.29 is 14.6 Å². The first-order valence-electron chi connectivity index (χ1n) is 11.3. The number of ether oxygens (including phenoxy) is 1. The number of benzene rings is 2. The molecule has 4 fully saturated rings. The lowest BCUT2D eigenvalue weighted by Crippen LogP contribution is -2.48. The molecule has 4 bridgehead atoms. The Morgan fingerprint density at radius 2 is 1.67 bits per heavy atom. The fourth-order valence-electron chi connectivity index (χ4n) is 6.67. The minimum atomic E-state index is -0.949. The lowest BCUT2D eigenvalue weighted by Gasteiger charge is -2.57. The van der Waals surface area contributed by atoms with E-state index in [0.717, 1.165) is 23.3 Å². The molecule has 0 aromatic heterocycles.